The van der Waals surface area contributed by atoms with Crippen molar-refractivity contribution in [2.45, 2.75) is 64.3 Å². The largest absolute Gasteiger partial charge is 0.410 e. The highest BCUT2D eigenvalue weighted by Gasteiger charge is 2.40. The minimum Gasteiger partial charge on any atom is -0.410 e. The minimum atomic E-state index is -2.75. The summed E-state index contributed by atoms with van der Waals surface area (Å²) >= 11 is 0. The van der Waals surface area contributed by atoms with Crippen molar-refractivity contribution in [1.82, 2.24) is 0 Å². The molecule has 1 saturated carbocycles. The summed E-state index contributed by atoms with van der Waals surface area (Å²) in [5.41, 5.74) is 2.31. The molecule has 2 aromatic carbocycles. The third-order valence-corrected chi connectivity index (χ3v) is 14.3. The Bertz CT molecular complexity index is 928. The van der Waals surface area contributed by atoms with Gasteiger partial charge in [0.2, 0.25) is 0 Å². The van der Waals surface area contributed by atoms with Gasteiger partial charge in [0, 0.05) is 16.8 Å². The Kier molecular flexibility index (Phi) is 7.31. The molecular weight excluding hydrogens is 415 g/mol. The summed E-state index contributed by atoms with van der Waals surface area (Å²) < 4.78 is 21.0. The van der Waals surface area contributed by atoms with Gasteiger partial charge in [-0.1, -0.05) is 94.1 Å². The Morgan fingerprint density at radius 1 is 1.03 bits per heavy atom. The van der Waals surface area contributed by atoms with E-state index >= 15 is 0 Å². The summed E-state index contributed by atoms with van der Waals surface area (Å²) in [6.45, 7) is 15.9. The summed E-state index contributed by atoms with van der Waals surface area (Å²) in [4.78, 5) is 0. The van der Waals surface area contributed by atoms with Gasteiger partial charge in [0.05, 0.1) is 6.10 Å². The van der Waals surface area contributed by atoms with Crippen LogP contribution in [0.25, 0.3) is 0 Å². The fourth-order valence-corrected chi connectivity index (χ4v) is 7.68. The average molecular weight is 453 g/mol. The molecule has 0 radical (unpaired) electrons. The van der Waals surface area contributed by atoms with Crippen molar-refractivity contribution in [3.05, 3.63) is 84.5 Å². The van der Waals surface area contributed by atoms with Crippen LogP contribution in [-0.4, -0.2) is 20.6 Å². The Morgan fingerprint density at radius 3 is 2.03 bits per heavy atom. The molecular formula is C27H37O2PSi. The normalized spacial score (nSPS) is 19.6. The molecule has 0 spiro atoms. The second-order valence-electron chi connectivity index (χ2n) is 10.1. The van der Waals surface area contributed by atoms with E-state index in [4.69, 9.17) is 4.43 Å². The lowest BCUT2D eigenvalue weighted by atomic mass is 9.88. The zero-order chi connectivity index (χ0) is 22.7. The molecule has 1 aliphatic carbocycles. The number of rotatable bonds is 6. The van der Waals surface area contributed by atoms with E-state index in [0.717, 1.165) is 35.4 Å². The lowest BCUT2D eigenvalue weighted by Crippen LogP contribution is -2.45. The molecule has 1 aliphatic rings. The Morgan fingerprint density at radius 2 is 1.55 bits per heavy atom. The second kappa shape index (κ2) is 9.44. The molecule has 0 bridgehead atoms. The molecule has 0 unspecified atom stereocenters. The lowest BCUT2D eigenvalue weighted by Gasteiger charge is -2.41. The quantitative estimate of drug-likeness (QED) is 0.346. The first kappa shape index (κ1) is 24.0. The first-order valence-corrected chi connectivity index (χ1v) is 16.1. The molecule has 3 rings (SSSR count). The van der Waals surface area contributed by atoms with Gasteiger partial charge in [-0.15, -0.1) is 0 Å². The molecule has 2 aromatic rings. The number of benzene rings is 2. The van der Waals surface area contributed by atoms with Gasteiger partial charge in [0.15, 0.2) is 8.32 Å². The lowest BCUT2D eigenvalue weighted by molar-refractivity contribution is 0.195. The third kappa shape index (κ3) is 5.39. The van der Waals surface area contributed by atoms with Crippen molar-refractivity contribution in [3.8, 4) is 0 Å². The highest BCUT2D eigenvalue weighted by molar-refractivity contribution is 7.78. The smallest absolute Gasteiger partial charge is 0.192 e. The van der Waals surface area contributed by atoms with E-state index in [9.17, 15) is 4.57 Å². The highest BCUT2D eigenvalue weighted by atomic mass is 31.2. The third-order valence-electron chi connectivity index (χ3n) is 6.90. The average Bonchev–Trinajstić information content (AvgIpc) is 2.74. The number of hydrogen-bond acceptors (Lipinski definition) is 2. The predicted octanol–water partition coefficient (Wildman–Crippen LogP) is 7.06. The maximum absolute atomic E-state index is 14.3. The van der Waals surface area contributed by atoms with Gasteiger partial charge in [-0.3, -0.25) is 0 Å². The van der Waals surface area contributed by atoms with Gasteiger partial charge in [-0.25, -0.2) is 0 Å². The number of allylic oxidation sites excluding steroid dienone is 1. The van der Waals surface area contributed by atoms with Crippen molar-refractivity contribution >= 4 is 26.1 Å². The maximum atomic E-state index is 14.3. The first-order valence-electron chi connectivity index (χ1n) is 11.3. The molecule has 0 saturated heterocycles. The van der Waals surface area contributed by atoms with E-state index in [0.29, 0.717) is 6.16 Å². The van der Waals surface area contributed by atoms with Crippen LogP contribution in [0.1, 0.15) is 40.0 Å². The molecule has 4 heteroatoms. The van der Waals surface area contributed by atoms with E-state index in [1.54, 1.807) is 0 Å². The van der Waals surface area contributed by atoms with Crippen molar-refractivity contribution in [2.75, 3.05) is 6.16 Å². The predicted molar refractivity (Wildman–Crippen MR) is 138 cm³/mol. The van der Waals surface area contributed by atoms with Crippen LogP contribution in [0.3, 0.4) is 0 Å². The van der Waals surface area contributed by atoms with Crippen molar-refractivity contribution in [2.24, 2.45) is 0 Å². The van der Waals surface area contributed by atoms with Gasteiger partial charge in [0.25, 0.3) is 0 Å². The van der Waals surface area contributed by atoms with Gasteiger partial charge in [-0.05, 0) is 48.5 Å². The summed E-state index contributed by atoms with van der Waals surface area (Å²) in [5, 5.41) is 1.99. The number of hydrogen-bond donors (Lipinski definition) is 0. The Balaban J connectivity index is 1.87. The molecule has 0 aromatic heterocycles. The molecule has 1 fully saturated rings. The van der Waals surface area contributed by atoms with Crippen LogP contribution in [0.4, 0.5) is 0 Å². The van der Waals surface area contributed by atoms with Crippen LogP contribution in [-0.2, 0) is 8.99 Å². The van der Waals surface area contributed by atoms with Crippen LogP contribution < -0.4 is 10.6 Å². The van der Waals surface area contributed by atoms with Crippen LogP contribution >= 0.6 is 7.14 Å². The van der Waals surface area contributed by atoms with Gasteiger partial charge in [0.1, 0.15) is 7.14 Å². The van der Waals surface area contributed by atoms with Crippen LogP contribution in [0.15, 0.2) is 84.5 Å². The minimum absolute atomic E-state index is 0.0775. The Hall–Kier alpha value is -1.67. The molecule has 0 amide bonds. The molecule has 0 N–H and O–H groups in total. The van der Waals surface area contributed by atoms with Crippen LogP contribution in [0.2, 0.25) is 18.1 Å². The van der Waals surface area contributed by atoms with Crippen molar-refractivity contribution in [1.29, 1.82) is 0 Å². The van der Waals surface area contributed by atoms with Crippen molar-refractivity contribution < 1.29 is 8.99 Å². The maximum Gasteiger partial charge on any atom is 0.192 e. The van der Waals surface area contributed by atoms with Crippen LogP contribution in [0, 0.1) is 0 Å². The van der Waals surface area contributed by atoms with Gasteiger partial charge < -0.3 is 8.99 Å². The van der Waals surface area contributed by atoms with E-state index in [2.05, 4.69) is 46.5 Å². The summed E-state index contributed by atoms with van der Waals surface area (Å²) in [6, 6.07) is 19.8. The molecule has 166 valence electrons. The van der Waals surface area contributed by atoms with E-state index in [1.165, 1.54) is 5.57 Å². The molecule has 0 heterocycles. The van der Waals surface area contributed by atoms with Gasteiger partial charge >= 0.3 is 0 Å². The first-order chi connectivity index (χ1) is 14.5. The van der Waals surface area contributed by atoms with Crippen LogP contribution in [0.5, 0.6) is 0 Å². The fraction of sp³-hybridized carbons (Fsp3) is 0.407. The SMILES string of the molecule is C=C1/C(=C\CP(=O)(c2ccccc2)c2ccccc2)CCC[C@H]1O[Si](C)(C)C(C)(C)C. The second-order valence-corrected chi connectivity index (χ2v) is 17.7. The zero-order valence-corrected chi connectivity index (χ0v) is 21.6. The standard InChI is InChI=1S/C27H37O2PSi/c1-22-23(14-13-19-26(22)29-31(5,6)27(2,3)4)20-21-30(28,24-15-9-7-10-16-24)25-17-11-8-12-18-25/h7-12,15-18,20,26H,1,13-14,19,21H2,2-6H3/b23-20-/t26-/m1/s1. The van der Waals surface area contributed by atoms with E-state index in [1.807, 2.05) is 60.7 Å². The van der Waals surface area contributed by atoms with Crippen molar-refractivity contribution in [3.63, 3.8) is 0 Å². The highest BCUT2D eigenvalue weighted by Crippen LogP contribution is 2.45. The van der Waals surface area contributed by atoms with Gasteiger partial charge in [-0.2, -0.15) is 0 Å². The van der Waals surface area contributed by atoms with E-state index in [-0.39, 0.29) is 11.1 Å². The summed E-state index contributed by atoms with van der Waals surface area (Å²) in [6.07, 6.45) is 5.88. The summed E-state index contributed by atoms with van der Waals surface area (Å²) in [7, 11) is -4.63. The Labute approximate surface area is 189 Å². The topological polar surface area (TPSA) is 26.3 Å². The zero-order valence-electron chi connectivity index (χ0n) is 19.7. The summed E-state index contributed by atoms with van der Waals surface area (Å²) in [5.74, 6) is 0. The monoisotopic (exact) mass is 452 g/mol. The molecule has 31 heavy (non-hydrogen) atoms. The molecule has 2 nitrogen and oxygen atoms in total. The fourth-order valence-electron chi connectivity index (χ4n) is 3.85. The molecule has 0 aliphatic heterocycles. The molecule has 1 atom stereocenters. The van der Waals surface area contributed by atoms with E-state index < -0.39 is 15.5 Å².